The summed E-state index contributed by atoms with van der Waals surface area (Å²) in [5.74, 6) is -1.09. The highest BCUT2D eigenvalue weighted by molar-refractivity contribution is 6.33. The molecule has 0 aliphatic heterocycles. The minimum absolute atomic E-state index is 0.130. The van der Waals surface area contributed by atoms with E-state index in [9.17, 15) is 14.0 Å². The Bertz CT molecular complexity index is 993. The third-order valence-corrected chi connectivity index (χ3v) is 4.32. The van der Waals surface area contributed by atoms with Crippen molar-refractivity contribution in [3.05, 3.63) is 94.5 Å². The van der Waals surface area contributed by atoms with Crippen molar-refractivity contribution in [2.24, 2.45) is 0 Å². The molecule has 3 rings (SSSR count). The fraction of sp³-hybridized carbons (Fsp3) is 0.0952. The molecule has 0 aliphatic carbocycles. The van der Waals surface area contributed by atoms with E-state index in [1.807, 2.05) is 0 Å². The lowest BCUT2D eigenvalue weighted by atomic mass is 10.1. The molecular weight excluding hydrogens is 381 g/mol. The van der Waals surface area contributed by atoms with Crippen LogP contribution in [0, 0.1) is 5.82 Å². The summed E-state index contributed by atoms with van der Waals surface area (Å²) in [6.45, 7) is 0.363. The Balaban J connectivity index is 1.60. The Labute approximate surface area is 166 Å². The number of nitrogens with zero attached hydrogens (tertiary/aromatic N) is 1. The van der Waals surface area contributed by atoms with Crippen LogP contribution in [0.2, 0.25) is 5.02 Å². The normalized spacial score (nSPS) is 10.4. The third kappa shape index (κ3) is 5.14. The van der Waals surface area contributed by atoms with Gasteiger partial charge in [0.2, 0.25) is 0 Å². The fourth-order valence-electron chi connectivity index (χ4n) is 2.52. The van der Waals surface area contributed by atoms with Gasteiger partial charge >= 0.3 is 0 Å². The van der Waals surface area contributed by atoms with Crippen LogP contribution < -0.4 is 10.6 Å². The lowest BCUT2D eigenvalue weighted by Crippen LogP contribution is -2.27. The van der Waals surface area contributed by atoms with E-state index in [0.717, 1.165) is 5.56 Å². The molecule has 7 heteroatoms. The molecular formula is C21H17ClFN3O2. The van der Waals surface area contributed by atoms with Crippen LogP contribution in [-0.2, 0) is 6.42 Å². The van der Waals surface area contributed by atoms with Gasteiger partial charge in [0.05, 0.1) is 10.7 Å². The van der Waals surface area contributed by atoms with Crippen LogP contribution in [0.25, 0.3) is 0 Å². The topological polar surface area (TPSA) is 71.1 Å². The average Bonchev–Trinajstić information content (AvgIpc) is 2.71. The number of hydrogen-bond donors (Lipinski definition) is 2. The summed E-state index contributed by atoms with van der Waals surface area (Å²) in [7, 11) is 0. The molecule has 28 heavy (non-hydrogen) atoms. The van der Waals surface area contributed by atoms with E-state index >= 15 is 0 Å². The molecule has 0 saturated carbocycles. The quantitative estimate of drug-likeness (QED) is 0.657. The van der Waals surface area contributed by atoms with Gasteiger partial charge in [-0.3, -0.25) is 14.6 Å². The Morgan fingerprint density at radius 2 is 1.75 bits per heavy atom. The SMILES string of the molecule is O=C(Nc1ccccc1Cl)c1ccnc(C(=O)NCCc2ccc(F)cc2)c1. The van der Waals surface area contributed by atoms with Gasteiger partial charge in [0.15, 0.2) is 0 Å². The van der Waals surface area contributed by atoms with E-state index in [4.69, 9.17) is 11.6 Å². The average molecular weight is 398 g/mol. The highest BCUT2D eigenvalue weighted by Crippen LogP contribution is 2.21. The van der Waals surface area contributed by atoms with E-state index < -0.39 is 11.8 Å². The summed E-state index contributed by atoms with van der Waals surface area (Å²) in [6, 6.07) is 15.9. The molecule has 0 fully saturated rings. The van der Waals surface area contributed by atoms with Gasteiger partial charge in [-0.05, 0) is 48.4 Å². The van der Waals surface area contributed by atoms with Crippen molar-refractivity contribution in [1.82, 2.24) is 10.3 Å². The largest absolute Gasteiger partial charge is 0.350 e. The van der Waals surface area contributed by atoms with Crippen molar-refractivity contribution in [2.75, 3.05) is 11.9 Å². The number of anilines is 1. The lowest BCUT2D eigenvalue weighted by molar-refractivity contribution is 0.0949. The predicted octanol–water partition coefficient (Wildman–Crippen LogP) is 4.10. The van der Waals surface area contributed by atoms with E-state index in [2.05, 4.69) is 15.6 Å². The van der Waals surface area contributed by atoms with E-state index in [0.29, 0.717) is 29.2 Å². The first-order valence-electron chi connectivity index (χ1n) is 8.57. The molecule has 3 aromatic rings. The molecule has 0 atom stereocenters. The fourth-order valence-corrected chi connectivity index (χ4v) is 2.70. The van der Waals surface area contributed by atoms with Gasteiger partial charge in [0.25, 0.3) is 11.8 Å². The van der Waals surface area contributed by atoms with Crippen molar-refractivity contribution < 1.29 is 14.0 Å². The number of carbonyl (C=O) groups excluding carboxylic acids is 2. The number of halogens is 2. The second kappa shape index (κ2) is 9.10. The molecule has 0 saturated heterocycles. The molecule has 1 heterocycles. The van der Waals surface area contributed by atoms with Crippen LogP contribution in [0.3, 0.4) is 0 Å². The van der Waals surface area contributed by atoms with Crippen LogP contribution in [-0.4, -0.2) is 23.3 Å². The first-order valence-corrected chi connectivity index (χ1v) is 8.95. The maximum atomic E-state index is 12.9. The zero-order chi connectivity index (χ0) is 19.9. The van der Waals surface area contributed by atoms with Crippen LogP contribution >= 0.6 is 11.6 Å². The van der Waals surface area contributed by atoms with Gasteiger partial charge < -0.3 is 10.6 Å². The molecule has 2 N–H and O–H groups in total. The number of para-hydroxylation sites is 1. The maximum Gasteiger partial charge on any atom is 0.269 e. The first-order chi connectivity index (χ1) is 13.5. The molecule has 1 aromatic heterocycles. The predicted molar refractivity (Wildman–Crippen MR) is 106 cm³/mol. The summed E-state index contributed by atoms with van der Waals surface area (Å²) in [5, 5.41) is 5.86. The maximum absolute atomic E-state index is 12.9. The van der Waals surface area contributed by atoms with Gasteiger partial charge in [-0.25, -0.2) is 4.39 Å². The highest BCUT2D eigenvalue weighted by atomic mass is 35.5. The zero-order valence-corrected chi connectivity index (χ0v) is 15.5. The number of rotatable bonds is 6. The summed E-state index contributed by atoms with van der Waals surface area (Å²) in [5.41, 5.74) is 1.81. The molecule has 0 bridgehead atoms. The molecule has 142 valence electrons. The molecule has 0 aliphatic rings. The number of nitrogens with one attached hydrogen (secondary N) is 2. The smallest absolute Gasteiger partial charge is 0.269 e. The van der Waals surface area contributed by atoms with Gasteiger partial charge in [-0.1, -0.05) is 35.9 Å². The van der Waals surface area contributed by atoms with Crippen LogP contribution in [0.15, 0.2) is 66.9 Å². The van der Waals surface area contributed by atoms with Crippen LogP contribution in [0.1, 0.15) is 26.4 Å². The molecule has 5 nitrogen and oxygen atoms in total. The monoisotopic (exact) mass is 397 g/mol. The summed E-state index contributed by atoms with van der Waals surface area (Å²) in [4.78, 5) is 28.7. The Hall–Kier alpha value is -3.25. The zero-order valence-electron chi connectivity index (χ0n) is 14.8. The summed E-state index contributed by atoms with van der Waals surface area (Å²) < 4.78 is 12.9. The number of benzene rings is 2. The van der Waals surface area contributed by atoms with Gasteiger partial charge in [-0.15, -0.1) is 0 Å². The minimum atomic E-state index is -0.394. The molecule has 2 aromatic carbocycles. The first kappa shape index (κ1) is 19.5. The molecule has 0 radical (unpaired) electrons. The standard InChI is InChI=1S/C21H17ClFN3O2/c22-17-3-1-2-4-18(17)26-20(27)15-10-12-24-19(13-15)21(28)25-11-9-14-5-7-16(23)8-6-14/h1-8,10,12-13H,9,11H2,(H,25,28)(H,26,27). The molecule has 2 amide bonds. The second-order valence-electron chi connectivity index (χ2n) is 6.00. The third-order valence-electron chi connectivity index (χ3n) is 3.99. The minimum Gasteiger partial charge on any atom is -0.350 e. The summed E-state index contributed by atoms with van der Waals surface area (Å²) in [6.07, 6.45) is 1.95. The van der Waals surface area contributed by atoms with E-state index in [-0.39, 0.29) is 11.5 Å². The molecule has 0 spiro atoms. The Morgan fingerprint density at radius 1 is 1.00 bits per heavy atom. The second-order valence-corrected chi connectivity index (χ2v) is 6.40. The summed E-state index contributed by atoms with van der Waals surface area (Å²) >= 11 is 6.04. The Kier molecular flexibility index (Phi) is 6.34. The highest BCUT2D eigenvalue weighted by Gasteiger charge is 2.13. The van der Waals surface area contributed by atoms with E-state index in [1.165, 1.54) is 30.5 Å². The Morgan fingerprint density at radius 3 is 2.50 bits per heavy atom. The lowest BCUT2D eigenvalue weighted by Gasteiger charge is -2.08. The number of aromatic nitrogens is 1. The van der Waals surface area contributed by atoms with Crippen LogP contribution in [0.5, 0.6) is 0 Å². The van der Waals surface area contributed by atoms with Gasteiger partial charge in [-0.2, -0.15) is 0 Å². The number of pyridine rings is 1. The number of carbonyl (C=O) groups is 2. The van der Waals surface area contributed by atoms with Crippen molar-refractivity contribution in [3.63, 3.8) is 0 Å². The van der Waals surface area contributed by atoms with Crippen molar-refractivity contribution >= 4 is 29.1 Å². The van der Waals surface area contributed by atoms with Crippen molar-refractivity contribution in [3.8, 4) is 0 Å². The number of amides is 2. The molecule has 0 unspecified atom stereocenters. The van der Waals surface area contributed by atoms with Crippen molar-refractivity contribution in [1.29, 1.82) is 0 Å². The van der Waals surface area contributed by atoms with Gasteiger partial charge in [0.1, 0.15) is 11.5 Å². The van der Waals surface area contributed by atoms with Crippen molar-refractivity contribution in [2.45, 2.75) is 6.42 Å². The number of hydrogen-bond acceptors (Lipinski definition) is 3. The van der Waals surface area contributed by atoms with Gasteiger partial charge in [0, 0.05) is 18.3 Å². The van der Waals surface area contributed by atoms with Crippen LogP contribution in [0.4, 0.5) is 10.1 Å². The van der Waals surface area contributed by atoms with E-state index in [1.54, 1.807) is 36.4 Å².